The van der Waals surface area contributed by atoms with Crippen molar-refractivity contribution in [3.8, 4) is 5.75 Å². The number of hydrogen-bond donors (Lipinski definition) is 1. The first-order chi connectivity index (χ1) is 9.33. The van der Waals surface area contributed by atoms with Gasteiger partial charge in [0.05, 0.1) is 6.61 Å². The van der Waals surface area contributed by atoms with Gasteiger partial charge in [-0.3, -0.25) is 0 Å². The Hall–Kier alpha value is -1.02. The predicted octanol–water partition coefficient (Wildman–Crippen LogP) is 3.98. The molecule has 0 heterocycles. The minimum Gasteiger partial charge on any atom is -0.493 e. The van der Waals surface area contributed by atoms with Crippen LogP contribution < -0.4 is 10.5 Å². The first-order valence-electron chi connectivity index (χ1n) is 7.84. The average Bonchev–Trinajstić information content (AvgIpc) is 2.47. The Bertz CT molecular complexity index is 423. The van der Waals surface area contributed by atoms with Gasteiger partial charge < -0.3 is 10.5 Å². The van der Waals surface area contributed by atoms with Crippen LogP contribution in [0.1, 0.15) is 62.1 Å². The van der Waals surface area contributed by atoms with Gasteiger partial charge in [-0.1, -0.05) is 25.3 Å². The topological polar surface area (TPSA) is 35.2 Å². The van der Waals surface area contributed by atoms with Gasteiger partial charge in [-0.2, -0.15) is 0 Å². The zero-order valence-corrected chi connectivity index (χ0v) is 11.7. The van der Waals surface area contributed by atoms with E-state index in [1.54, 1.807) is 0 Å². The fraction of sp³-hybridized carbons (Fsp3) is 0.647. The molecule has 3 rings (SSSR count). The predicted molar refractivity (Wildman–Crippen MR) is 78.4 cm³/mol. The quantitative estimate of drug-likeness (QED) is 0.891. The minimum atomic E-state index is 0.210. The first kappa shape index (κ1) is 13.0. The van der Waals surface area contributed by atoms with Crippen molar-refractivity contribution >= 4 is 0 Å². The molecule has 0 aromatic heterocycles. The Morgan fingerprint density at radius 1 is 1.05 bits per heavy atom. The monoisotopic (exact) mass is 259 g/mol. The summed E-state index contributed by atoms with van der Waals surface area (Å²) in [5.41, 5.74) is 8.93. The second-order valence-electron chi connectivity index (χ2n) is 6.17. The molecule has 0 saturated heterocycles. The summed E-state index contributed by atoms with van der Waals surface area (Å²) in [6.07, 6.45) is 10.3. The molecule has 1 saturated carbocycles. The maximum absolute atomic E-state index is 6.20. The summed E-state index contributed by atoms with van der Waals surface area (Å²) >= 11 is 0. The molecule has 1 fully saturated rings. The van der Waals surface area contributed by atoms with Crippen molar-refractivity contribution in [3.05, 3.63) is 29.3 Å². The van der Waals surface area contributed by atoms with Gasteiger partial charge in [-0.15, -0.1) is 0 Å². The van der Waals surface area contributed by atoms with Crippen LogP contribution in [-0.4, -0.2) is 6.61 Å². The van der Waals surface area contributed by atoms with Gasteiger partial charge in [-0.05, 0) is 61.3 Å². The lowest BCUT2D eigenvalue weighted by atomic mass is 9.88. The summed E-state index contributed by atoms with van der Waals surface area (Å²) in [4.78, 5) is 0. The van der Waals surface area contributed by atoms with Gasteiger partial charge in [0.2, 0.25) is 0 Å². The third-order valence-electron chi connectivity index (χ3n) is 4.69. The van der Waals surface area contributed by atoms with E-state index in [2.05, 4.69) is 18.2 Å². The molecule has 1 aromatic rings. The first-order valence-corrected chi connectivity index (χ1v) is 7.84. The lowest BCUT2D eigenvalue weighted by Gasteiger charge is -2.24. The van der Waals surface area contributed by atoms with Crippen molar-refractivity contribution in [2.24, 2.45) is 11.7 Å². The fourth-order valence-electron chi connectivity index (χ4n) is 3.47. The van der Waals surface area contributed by atoms with Crippen molar-refractivity contribution in [2.75, 3.05) is 6.61 Å². The Morgan fingerprint density at radius 2 is 1.89 bits per heavy atom. The highest BCUT2D eigenvalue weighted by atomic mass is 16.5. The maximum Gasteiger partial charge on any atom is 0.119 e. The zero-order chi connectivity index (χ0) is 13.1. The summed E-state index contributed by atoms with van der Waals surface area (Å²) in [5, 5.41) is 0. The molecule has 19 heavy (non-hydrogen) atoms. The van der Waals surface area contributed by atoms with Crippen molar-refractivity contribution in [2.45, 2.75) is 57.4 Å². The third kappa shape index (κ3) is 3.11. The van der Waals surface area contributed by atoms with Gasteiger partial charge in [0.15, 0.2) is 0 Å². The zero-order valence-electron chi connectivity index (χ0n) is 11.7. The molecule has 2 aliphatic rings. The van der Waals surface area contributed by atoms with E-state index in [4.69, 9.17) is 10.5 Å². The van der Waals surface area contributed by atoms with Gasteiger partial charge in [0, 0.05) is 6.04 Å². The number of fused-ring (bicyclic) bond motifs is 1. The van der Waals surface area contributed by atoms with Crippen LogP contribution in [-0.2, 0) is 6.42 Å². The van der Waals surface area contributed by atoms with Crippen LogP contribution in [0.25, 0.3) is 0 Å². The molecule has 0 spiro atoms. The second-order valence-corrected chi connectivity index (χ2v) is 6.17. The Labute approximate surface area is 116 Å². The largest absolute Gasteiger partial charge is 0.493 e. The van der Waals surface area contributed by atoms with E-state index in [-0.39, 0.29) is 6.04 Å². The minimum absolute atomic E-state index is 0.210. The average molecular weight is 259 g/mol. The van der Waals surface area contributed by atoms with Gasteiger partial charge >= 0.3 is 0 Å². The molecule has 2 heteroatoms. The number of ether oxygens (including phenoxy) is 1. The molecule has 0 amide bonds. The van der Waals surface area contributed by atoms with E-state index in [1.165, 1.54) is 56.1 Å². The summed E-state index contributed by atoms with van der Waals surface area (Å²) in [5.74, 6) is 1.78. The molecule has 0 aliphatic heterocycles. The van der Waals surface area contributed by atoms with E-state index in [9.17, 15) is 0 Å². The van der Waals surface area contributed by atoms with Crippen LogP contribution in [0.4, 0.5) is 0 Å². The molecule has 1 unspecified atom stereocenters. The molecule has 2 aliphatic carbocycles. The van der Waals surface area contributed by atoms with E-state index in [0.717, 1.165) is 24.7 Å². The van der Waals surface area contributed by atoms with Crippen LogP contribution in [0, 0.1) is 5.92 Å². The summed E-state index contributed by atoms with van der Waals surface area (Å²) in [6.45, 7) is 0.883. The highest BCUT2D eigenvalue weighted by molar-refractivity contribution is 5.39. The number of benzene rings is 1. The maximum atomic E-state index is 6.20. The van der Waals surface area contributed by atoms with Crippen molar-refractivity contribution in [1.29, 1.82) is 0 Å². The van der Waals surface area contributed by atoms with Crippen LogP contribution in [0.3, 0.4) is 0 Å². The van der Waals surface area contributed by atoms with E-state index >= 15 is 0 Å². The Balaban J connectivity index is 1.63. The van der Waals surface area contributed by atoms with Crippen LogP contribution in [0.2, 0.25) is 0 Å². The van der Waals surface area contributed by atoms with Crippen molar-refractivity contribution < 1.29 is 4.74 Å². The van der Waals surface area contributed by atoms with Gasteiger partial charge in [-0.25, -0.2) is 0 Å². The highest BCUT2D eigenvalue weighted by Crippen LogP contribution is 2.31. The summed E-state index contributed by atoms with van der Waals surface area (Å²) in [6, 6.07) is 6.73. The standard InChI is InChI=1S/C17H25NO/c18-17-8-4-7-14-9-10-15(11-16(14)17)19-12-13-5-2-1-3-6-13/h9-11,13,17H,1-8,12,18H2. The molecule has 0 bridgehead atoms. The van der Waals surface area contributed by atoms with E-state index < -0.39 is 0 Å². The molecular weight excluding hydrogens is 234 g/mol. The number of rotatable bonds is 3. The van der Waals surface area contributed by atoms with Crippen molar-refractivity contribution in [3.63, 3.8) is 0 Å². The second kappa shape index (κ2) is 5.96. The van der Waals surface area contributed by atoms with Crippen LogP contribution in [0.15, 0.2) is 18.2 Å². The fourth-order valence-corrected chi connectivity index (χ4v) is 3.47. The van der Waals surface area contributed by atoms with Gasteiger partial charge in [0.1, 0.15) is 5.75 Å². The van der Waals surface area contributed by atoms with Crippen LogP contribution >= 0.6 is 0 Å². The molecule has 1 atom stereocenters. The number of aryl methyl sites for hydroxylation is 1. The van der Waals surface area contributed by atoms with Crippen LogP contribution in [0.5, 0.6) is 5.75 Å². The number of nitrogens with two attached hydrogens (primary N) is 1. The SMILES string of the molecule is NC1CCCc2ccc(OCC3CCCCC3)cc21. The summed E-state index contributed by atoms with van der Waals surface area (Å²) < 4.78 is 6.00. The molecule has 104 valence electrons. The Morgan fingerprint density at radius 3 is 2.74 bits per heavy atom. The molecule has 1 aromatic carbocycles. The molecule has 2 N–H and O–H groups in total. The van der Waals surface area contributed by atoms with E-state index in [1.807, 2.05) is 0 Å². The lowest BCUT2D eigenvalue weighted by molar-refractivity contribution is 0.208. The number of hydrogen-bond acceptors (Lipinski definition) is 2. The van der Waals surface area contributed by atoms with Crippen molar-refractivity contribution in [1.82, 2.24) is 0 Å². The molecule has 2 nitrogen and oxygen atoms in total. The lowest BCUT2D eigenvalue weighted by Crippen LogP contribution is -2.18. The molecular formula is C17H25NO. The smallest absolute Gasteiger partial charge is 0.119 e. The summed E-state index contributed by atoms with van der Waals surface area (Å²) in [7, 11) is 0. The van der Waals surface area contributed by atoms with E-state index in [0.29, 0.717) is 0 Å². The highest BCUT2D eigenvalue weighted by Gasteiger charge is 2.18. The normalized spacial score (nSPS) is 23.9. The van der Waals surface area contributed by atoms with Gasteiger partial charge in [0.25, 0.3) is 0 Å². The molecule has 0 radical (unpaired) electrons. The Kier molecular flexibility index (Phi) is 4.07. The third-order valence-corrected chi connectivity index (χ3v) is 4.69.